The molecule has 1 atom stereocenters. The molecule has 1 aromatic carbocycles. The van der Waals surface area contributed by atoms with Crippen LogP contribution in [0.5, 0.6) is 5.75 Å². The van der Waals surface area contributed by atoms with E-state index >= 15 is 0 Å². The monoisotopic (exact) mass is 305 g/mol. The predicted octanol–water partition coefficient (Wildman–Crippen LogP) is 2.27. The second-order valence-electron chi connectivity index (χ2n) is 4.17. The van der Waals surface area contributed by atoms with Crippen molar-refractivity contribution in [3.05, 3.63) is 29.6 Å². The summed E-state index contributed by atoms with van der Waals surface area (Å²) in [4.78, 5) is 21.0. The third-order valence-corrected chi connectivity index (χ3v) is 3.18. The van der Waals surface area contributed by atoms with E-state index in [1.54, 1.807) is 0 Å². The van der Waals surface area contributed by atoms with Gasteiger partial charge in [-0.3, -0.25) is 4.89 Å². The van der Waals surface area contributed by atoms with Crippen LogP contribution in [0.1, 0.15) is 12.8 Å². The highest BCUT2D eigenvalue weighted by Gasteiger charge is 2.28. The van der Waals surface area contributed by atoms with Crippen LogP contribution < -0.4 is 10.2 Å². The van der Waals surface area contributed by atoms with Gasteiger partial charge in [0.1, 0.15) is 5.92 Å². The average Bonchev–Trinajstić information content (AvgIpc) is 2.42. The maximum Gasteiger partial charge on any atom is 0.365 e. The van der Waals surface area contributed by atoms with Gasteiger partial charge in [-0.05, 0) is 12.8 Å². The highest BCUT2D eigenvalue weighted by molar-refractivity contribution is 7.80. The van der Waals surface area contributed by atoms with Crippen LogP contribution in [0.2, 0.25) is 0 Å². The van der Waals surface area contributed by atoms with Crippen LogP contribution in [0.3, 0.4) is 0 Å². The predicted molar refractivity (Wildman–Crippen MR) is 66.4 cm³/mol. The molecule has 0 saturated carbocycles. The van der Waals surface area contributed by atoms with E-state index in [1.165, 1.54) is 0 Å². The number of halogens is 3. The Hall–Kier alpha value is -1.83. The summed E-state index contributed by atoms with van der Waals surface area (Å²) in [5.41, 5.74) is 0. The minimum absolute atomic E-state index is 0.335. The highest BCUT2D eigenvalue weighted by atomic mass is 32.1. The minimum atomic E-state index is -1.62. The van der Waals surface area contributed by atoms with E-state index in [9.17, 15) is 18.0 Å². The normalized spacial score (nSPS) is 18.4. The average molecular weight is 305 g/mol. The van der Waals surface area contributed by atoms with Crippen LogP contribution in [0, 0.1) is 23.4 Å². The van der Waals surface area contributed by atoms with Gasteiger partial charge in [0.15, 0.2) is 23.2 Å². The summed E-state index contributed by atoms with van der Waals surface area (Å²) in [7, 11) is 0. The van der Waals surface area contributed by atoms with Gasteiger partial charge < -0.3 is 5.32 Å². The smallest absolute Gasteiger partial charge is 0.365 e. The van der Waals surface area contributed by atoms with E-state index in [4.69, 9.17) is 12.2 Å². The Morgan fingerprint density at radius 3 is 2.55 bits per heavy atom. The van der Waals surface area contributed by atoms with E-state index in [-0.39, 0.29) is 0 Å². The van der Waals surface area contributed by atoms with Crippen molar-refractivity contribution < 1.29 is 27.7 Å². The zero-order valence-corrected chi connectivity index (χ0v) is 10.9. The summed E-state index contributed by atoms with van der Waals surface area (Å²) in [5.74, 6) is -6.39. The van der Waals surface area contributed by atoms with Crippen molar-refractivity contribution in [3.8, 4) is 5.75 Å². The second kappa shape index (κ2) is 6.08. The van der Waals surface area contributed by atoms with E-state index in [1.807, 2.05) is 0 Å². The Bertz CT molecular complexity index is 530. The molecule has 0 aliphatic carbocycles. The molecule has 20 heavy (non-hydrogen) atoms. The molecule has 0 radical (unpaired) electrons. The molecular formula is C12H10F3NO3S. The van der Waals surface area contributed by atoms with Crippen LogP contribution in [0.25, 0.3) is 0 Å². The first-order valence-electron chi connectivity index (χ1n) is 5.79. The van der Waals surface area contributed by atoms with Gasteiger partial charge in [0, 0.05) is 18.7 Å². The van der Waals surface area contributed by atoms with Gasteiger partial charge in [0.05, 0.1) is 4.99 Å². The van der Waals surface area contributed by atoms with Gasteiger partial charge in [-0.1, -0.05) is 12.2 Å². The third-order valence-electron chi connectivity index (χ3n) is 2.75. The molecule has 1 aromatic rings. The first-order valence-corrected chi connectivity index (χ1v) is 6.20. The van der Waals surface area contributed by atoms with Crippen LogP contribution in [0.4, 0.5) is 13.2 Å². The molecule has 108 valence electrons. The fourth-order valence-electron chi connectivity index (χ4n) is 1.72. The van der Waals surface area contributed by atoms with Crippen molar-refractivity contribution in [1.82, 2.24) is 5.32 Å². The van der Waals surface area contributed by atoms with Crippen LogP contribution in [-0.4, -0.2) is 17.5 Å². The van der Waals surface area contributed by atoms with Gasteiger partial charge in [-0.2, -0.15) is 0 Å². The third kappa shape index (κ3) is 3.19. The standard InChI is InChI=1S/C12H10F3NO3S/c13-8-4-6(5-9(14)10(8)15)18-19-12(17)7-2-1-3-16-11(7)20/h4-5,7H,1-3H2,(H,16,20)/t7-/m1/s1. The lowest BCUT2D eigenvalue weighted by atomic mass is 10.00. The lowest BCUT2D eigenvalue weighted by Gasteiger charge is -2.21. The molecule has 0 spiro atoms. The summed E-state index contributed by atoms with van der Waals surface area (Å²) >= 11 is 4.96. The summed E-state index contributed by atoms with van der Waals surface area (Å²) < 4.78 is 38.5. The number of piperidine rings is 1. The number of hydrogen-bond acceptors (Lipinski definition) is 4. The Labute approximate surface area is 117 Å². The molecule has 4 nitrogen and oxygen atoms in total. The van der Waals surface area contributed by atoms with Crippen LogP contribution >= 0.6 is 12.2 Å². The fourth-order valence-corrected chi connectivity index (χ4v) is 2.04. The van der Waals surface area contributed by atoms with E-state index in [2.05, 4.69) is 15.1 Å². The molecule has 0 amide bonds. The molecule has 0 aromatic heterocycles. The van der Waals surface area contributed by atoms with Crippen LogP contribution in [0.15, 0.2) is 12.1 Å². The summed E-state index contributed by atoms with van der Waals surface area (Å²) in [5, 5.41) is 2.84. The van der Waals surface area contributed by atoms with Gasteiger partial charge in [0.25, 0.3) is 0 Å². The Morgan fingerprint density at radius 2 is 1.95 bits per heavy atom. The molecule has 0 unspecified atom stereocenters. The Morgan fingerprint density at radius 1 is 1.30 bits per heavy atom. The molecule has 8 heteroatoms. The molecule has 1 aliphatic heterocycles. The summed E-state index contributed by atoms with van der Waals surface area (Å²) in [6.45, 7) is 0.678. The number of rotatable bonds is 3. The SMILES string of the molecule is O=C(OOc1cc(F)c(F)c(F)c1)[C@@H]1CCCNC1=S. The van der Waals surface area contributed by atoms with Gasteiger partial charge in [0.2, 0.25) is 0 Å². The number of carbonyl (C=O) groups is 1. The maximum atomic E-state index is 12.9. The molecule has 1 aliphatic rings. The van der Waals surface area contributed by atoms with E-state index < -0.39 is 35.1 Å². The molecule has 1 fully saturated rings. The molecule has 0 bridgehead atoms. The Kier molecular flexibility index (Phi) is 4.43. The molecule has 1 saturated heterocycles. The lowest BCUT2D eigenvalue weighted by molar-refractivity contribution is -0.216. The largest absolute Gasteiger partial charge is 0.379 e. The first-order chi connectivity index (χ1) is 9.49. The number of thiocarbonyl (C=S) groups is 1. The van der Waals surface area contributed by atoms with Gasteiger partial charge >= 0.3 is 5.97 Å². The number of carbonyl (C=O) groups excluding carboxylic acids is 1. The summed E-state index contributed by atoms with van der Waals surface area (Å²) in [6, 6.07) is 1.15. The quantitative estimate of drug-likeness (QED) is 0.402. The van der Waals surface area contributed by atoms with E-state index in [0.717, 1.165) is 6.42 Å². The first kappa shape index (κ1) is 14.6. The van der Waals surface area contributed by atoms with Crippen molar-refractivity contribution in [1.29, 1.82) is 0 Å². The van der Waals surface area contributed by atoms with Crippen molar-refractivity contribution in [2.45, 2.75) is 12.8 Å². The van der Waals surface area contributed by atoms with E-state index in [0.29, 0.717) is 30.1 Å². The second-order valence-corrected chi connectivity index (χ2v) is 4.61. The maximum absolute atomic E-state index is 12.9. The zero-order chi connectivity index (χ0) is 14.7. The highest BCUT2D eigenvalue weighted by Crippen LogP contribution is 2.21. The van der Waals surface area contributed by atoms with Crippen molar-refractivity contribution in [2.75, 3.05) is 6.54 Å². The van der Waals surface area contributed by atoms with Crippen molar-refractivity contribution in [2.24, 2.45) is 5.92 Å². The number of hydrogen-bond donors (Lipinski definition) is 1. The Balaban J connectivity index is 1.98. The molecule has 2 rings (SSSR count). The van der Waals surface area contributed by atoms with Gasteiger partial charge in [-0.15, -0.1) is 0 Å². The fraction of sp³-hybridized carbons (Fsp3) is 0.333. The molecule has 1 N–H and O–H groups in total. The zero-order valence-electron chi connectivity index (χ0n) is 10.1. The topological polar surface area (TPSA) is 47.6 Å². The lowest BCUT2D eigenvalue weighted by Crippen LogP contribution is -2.40. The van der Waals surface area contributed by atoms with Gasteiger partial charge in [-0.25, -0.2) is 22.9 Å². The molecular weight excluding hydrogens is 295 g/mol. The van der Waals surface area contributed by atoms with Crippen molar-refractivity contribution >= 4 is 23.2 Å². The minimum Gasteiger partial charge on any atom is -0.379 e. The molecule has 1 heterocycles. The number of benzene rings is 1. The van der Waals surface area contributed by atoms with Crippen LogP contribution in [-0.2, 0) is 9.68 Å². The summed E-state index contributed by atoms with van der Waals surface area (Å²) in [6.07, 6.45) is 1.24. The number of nitrogens with one attached hydrogen (secondary N) is 1. The van der Waals surface area contributed by atoms with Crippen molar-refractivity contribution in [3.63, 3.8) is 0 Å².